The van der Waals surface area contributed by atoms with E-state index in [1.165, 1.54) is 25.7 Å². The monoisotopic (exact) mass is 185 g/mol. The highest BCUT2D eigenvalue weighted by molar-refractivity contribution is 4.73. The minimum absolute atomic E-state index is 0.459. The van der Waals surface area contributed by atoms with Crippen molar-refractivity contribution in [2.75, 3.05) is 13.1 Å². The van der Waals surface area contributed by atoms with E-state index in [1.807, 2.05) is 0 Å². The van der Waals surface area contributed by atoms with E-state index in [4.69, 9.17) is 4.74 Å². The highest BCUT2D eigenvalue weighted by atomic mass is 16.5. The maximum Gasteiger partial charge on any atom is 0.0703 e. The smallest absolute Gasteiger partial charge is 0.0703 e. The van der Waals surface area contributed by atoms with Crippen molar-refractivity contribution in [3.05, 3.63) is 0 Å². The number of hydrogen-bond acceptors (Lipinski definition) is 2. The maximum absolute atomic E-state index is 5.92. The van der Waals surface area contributed by atoms with Crippen LogP contribution < -0.4 is 5.32 Å². The summed E-state index contributed by atoms with van der Waals surface area (Å²) in [6, 6.07) is 0. The van der Waals surface area contributed by atoms with Gasteiger partial charge in [-0.25, -0.2) is 0 Å². The minimum Gasteiger partial charge on any atom is -0.372 e. The largest absolute Gasteiger partial charge is 0.372 e. The molecule has 0 radical (unpaired) electrons. The van der Waals surface area contributed by atoms with Crippen LogP contribution in [0, 0.1) is 0 Å². The van der Waals surface area contributed by atoms with Gasteiger partial charge in [0.25, 0.3) is 0 Å². The second kappa shape index (κ2) is 6.39. The summed E-state index contributed by atoms with van der Waals surface area (Å²) in [5.74, 6) is 0. The Morgan fingerprint density at radius 3 is 2.62 bits per heavy atom. The molecule has 1 aliphatic heterocycles. The molecule has 2 atom stereocenters. The van der Waals surface area contributed by atoms with Crippen molar-refractivity contribution in [2.45, 2.75) is 58.2 Å². The SMILES string of the molecule is CCCCCC1CNCC(CC)O1. The molecule has 1 aliphatic rings. The lowest BCUT2D eigenvalue weighted by atomic mass is 10.1. The van der Waals surface area contributed by atoms with E-state index >= 15 is 0 Å². The quantitative estimate of drug-likeness (QED) is 0.664. The summed E-state index contributed by atoms with van der Waals surface area (Å²) in [7, 11) is 0. The van der Waals surface area contributed by atoms with Gasteiger partial charge in [-0.15, -0.1) is 0 Å². The predicted molar refractivity (Wildman–Crippen MR) is 56.0 cm³/mol. The van der Waals surface area contributed by atoms with Crippen molar-refractivity contribution in [3.8, 4) is 0 Å². The van der Waals surface area contributed by atoms with Gasteiger partial charge in [-0.1, -0.05) is 33.1 Å². The molecule has 78 valence electrons. The second-order valence-electron chi connectivity index (χ2n) is 3.94. The summed E-state index contributed by atoms with van der Waals surface area (Å²) in [4.78, 5) is 0. The van der Waals surface area contributed by atoms with Gasteiger partial charge in [0.15, 0.2) is 0 Å². The normalized spacial score (nSPS) is 29.1. The standard InChI is InChI=1S/C11H23NO/c1-3-5-6-7-11-9-12-8-10(4-2)13-11/h10-12H,3-9H2,1-2H3. The van der Waals surface area contributed by atoms with E-state index in [0.717, 1.165) is 19.5 Å². The average molecular weight is 185 g/mol. The lowest BCUT2D eigenvalue weighted by Gasteiger charge is -2.30. The van der Waals surface area contributed by atoms with Crippen LogP contribution >= 0.6 is 0 Å². The fraction of sp³-hybridized carbons (Fsp3) is 1.00. The van der Waals surface area contributed by atoms with Gasteiger partial charge in [0.05, 0.1) is 12.2 Å². The summed E-state index contributed by atoms with van der Waals surface area (Å²) >= 11 is 0. The van der Waals surface area contributed by atoms with Crippen LogP contribution in [0.25, 0.3) is 0 Å². The first-order valence-corrected chi connectivity index (χ1v) is 5.73. The van der Waals surface area contributed by atoms with Gasteiger partial charge in [0.1, 0.15) is 0 Å². The molecule has 1 rings (SSSR count). The van der Waals surface area contributed by atoms with Crippen LogP contribution in [0.4, 0.5) is 0 Å². The molecule has 2 unspecified atom stereocenters. The fourth-order valence-electron chi connectivity index (χ4n) is 1.81. The molecule has 0 saturated carbocycles. The fourth-order valence-corrected chi connectivity index (χ4v) is 1.81. The van der Waals surface area contributed by atoms with Crippen LogP contribution in [-0.2, 0) is 4.74 Å². The first-order chi connectivity index (χ1) is 6.36. The van der Waals surface area contributed by atoms with Gasteiger partial charge in [-0.05, 0) is 12.8 Å². The molecule has 0 bridgehead atoms. The van der Waals surface area contributed by atoms with Gasteiger partial charge in [-0.2, -0.15) is 0 Å². The Morgan fingerprint density at radius 2 is 1.92 bits per heavy atom. The van der Waals surface area contributed by atoms with E-state index in [9.17, 15) is 0 Å². The Hall–Kier alpha value is -0.0800. The van der Waals surface area contributed by atoms with E-state index in [1.54, 1.807) is 0 Å². The van der Waals surface area contributed by atoms with Gasteiger partial charge in [-0.3, -0.25) is 0 Å². The molecular weight excluding hydrogens is 162 g/mol. The lowest BCUT2D eigenvalue weighted by molar-refractivity contribution is -0.0425. The second-order valence-corrected chi connectivity index (χ2v) is 3.94. The summed E-state index contributed by atoms with van der Waals surface area (Å²) in [5.41, 5.74) is 0. The molecule has 1 saturated heterocycles. The van der Waals surface area contributed by atoms with Gasteiger partial charge < -0.3 is 10.1 Å². The van der Waals surface area contributed by atoms with Crippen LogP contribution in [0.1, 0.15) is 46.0 Å². The van der Waals surface area contributed by atoms with Crippen molar-refractivity contribution in [1.29, 1.82) is 0 Å². The Labute approximate surface area is 82.0 Å². The van der Waals surface area contributed by atoms with Crippen molar-refractivity contribution in [2.24, 2.45) is 0 Å². The van der Waals surface area contributed by atoms with E-state index in [0.29, 0.717) is 12.2 Å². The zero-order valence-electron chi connectivity index (χ0n) is 9.01. The molecule has 0 spiro atoms. The molecule has 1 N–H and O–H groups in total. The van der Waals surface area contributed by atoms with Crippen molar-refractivity contribution in [1.82, 2.24) is 5.32 Å². The maximum atomic E-state index is 5.92. The van der Waals surface area contributed by atoms with Crippen LogP contribution in [-0.4, -0.2) is 25.3 Å². The highest BCUT2D eigenvalue weighted by Gasteiger charge is 2.19. The summed E-state index contributed by atoms with van der Waals surface area (Å²) in [5, 5.41) is 3.44. The third-order valence-electron chi connectivity index (χ3n) is 2.71. The molecule has 0 aromatic rings. The van der Waals surface area contributed by atoms with E-state index < -0.39 is 0 Å². The highest BCUT2D eigenvalue weighted by Crippen LogP contribution is 2.13. The molecule has 0 amide bonds. The number of ether oxygens (including phenoxy) is 1. The van der Waals surface area contributed by atoms with Crippen LogP contribution in [0.3, 0.4) is 0 Å². The molecular formula is C11H23NO. The number of rotatable bonds is 5. The average Bonchev–Trinajstić information content (AvgIpc) is 2.19. The number of unbranched alkanes of at least 4 members (excludes halogenated alkanes) is 2. The van der Waals surface area contributed by atoms with Crippen molar-refractivity contribution in [3.63, 3.8) is 0 Å². The van der Waals surface area contributed by atoms with Crippen LogP contribution in [0.2, 0.25) is 0 Å². The lowest BCUT2D eigenvalue weighted by Crippen LogP contribution is -2.44. The zero-order chi connectivity index (χ0) is 9.52. The molecule has 2 heteroatoms. The first kappa shape index (κ1) is 11.0. The predicted octanol–water partition coefficient (Wildman–Crippen LogP) is 2.33. The minimum atomic E-state index is 0.459. The molecule has 0 aromatic heterocycles. The number of nitrogens with one attached hydrogen (secondary N) is 1. The van der Waals surface area contributed by atoms with Crippen LogP contribution in [0.15, 0.2) is 0 Å². The molecule has 2 nitrogen and oxygen atoms in total. The molecule has 1 heterocycles. The third kappa shape index (κ3) is 4.10. The summed E-state index contributed by atoms with van der Waals surface area (Å²) < 4.78 is 5.92. The number of morpholine rings is 1. The molecule has 0 aliphatic carbocycles. The molecule has 0 aromatic carbocycles. The van der Waals surface area contributed by atoms with Gasteiger partial charge in [0.2, 0.25) is 0 Å². The Balaban J connectivity index is 2.11. The summed E-state index contributed by atoms with van der Waals surface area (Å²) in [6.07, 6.45) is 7.27. The topological polar surface area (TPSA) is 21.3 Å². The van der Waals surface area contributed by atoms with Gasteiger partial charge in [0, 0.05) is 13.1 Å². The molecule has 1 fully saturated rings. The van der Waals surface area contributed by atoms with E-state index in [-0.39, 0.29) is 0 Å². The zero-order valence-corrected chi connectivity index (χ0v) is 9.01. The number of hydrogen-bond donors (Lipinski definition) is 1. The van der Waals surface area contributed by atoms with Gasteiger partial charge >= 0.3 is 0 Å². The first-order valence-electron chi connectivity index (χ1n) is 5.73. The Kier molecular flexibility index (Phi) is 5.40. The van der Waals surface area contributed by atoms with Crippen LogP contribution in [0.5, 0.6) is 0 Å². The Bertz CT molecular complexity index is 127. The van der Waals surface area contributed by atoms with E-state index in [2.05, 4.69) is 19.2 Å². The third-order valence-corrected chi connectivity index (χ3v) is 2.71. The van der Waals surface area contributed by atoms with Crippen molar-refractivity contribution >= 4 is 0 Å². The molecule has 13 heavy (non-hydrogen) atoms. The van der Waals surface area contributed by atoms with Crippen molar-refractivity contribution < 1.29 is 4.74 Å². The Morgan fingerprint density at radius 1 is 1.15 bits per heavy atom. The summed E-state index contributed by atoms with van der Waals surface area (Å²) in [6.45, 7) is 6.54.